The van der Waals surface area contributed by atoms with Gasteiger partial charge in [-0.25, -0.2) is 9.59 Å². The summed E-state index contributed by atoms with van der Waals surface area (Å²) >= 11 is 0. The number of hydrogen-bond donors (Lipinski definition) is 2. The molecule has 44 heavy (non-hydrogen) atoms. The van der Waals surface area contributed by atoms with Gasteiger partial charge in [0.15, 0.2) is 0 Å². The fourth-order valence-corrected chi connectivity index (χ4v) is 6.13. The maximum Gasteiger partial charge on any atom is 0.411 e. The van der Waals surface area contributed by atoms with Gasteiger partial charge in [-0.2, -0.15) is 0 Å². The number of amides is 3. The Balaban J connectivity index is 1.32. The second-order valence-corrected chi connectivity index (χ2v) is 11.6. The highest BCUT2D eigenvalue weighted by atomic mass is 16.5. The Bertz CT molecular complexity index is 1370. The molecular formula is C35H45N5O4. The van der Waals surface area contributed by atoms with Crippen LogP contribution in [0.1, 0.15) is 30.4 Å². The average Bonchev–Trinajstić information content (AvgIpc) is 3.07. The van der Waals surface area contributed by atoms with Gasteiger partial charge in [0.25, 0.3) is 0 Å². The van der Waals surface area contributed by atoms with E-state index in [1.165, 1.54) is 12.7 Å². The molecule has 0 atom stereocenters. The summed E-state index contributed by atoms with van der Waals surface area (Å²) in [6.45, 7) is 5.81. The molecule has 2 aliphatic heterocycles. The maximum atomic E-state index is 13.3. The molecule has 0 saturated carbocycles. The molecule has 9 heteroatoms. The minimum Gasteiger partial charge on any atom is -0.453 e. The number of nitrogens with zero attached hydrogens (tertiary/aromatic N) is 3. The molecule has 2 heterocycles. The topological polar surface area (TPSA) is 100 Å². The molecule has 0 spiro atoms. The van der Waals surface area contributed by atoms with Crippen molar-refractivity contribution < 1.29 is 19.1 Å². The third-order valence-electron chi connectivity index (χ3n) is 8.56. The largest absolute Gasteiger partial charge is 0.453 e. The van der Waals surface area contributed by atoms with Crippen LogP contribution in [0.3, 0.4) is 0 Å². The molecule has 5 rings (SSSR count). The summed E-state index contributed by atoms with van der Waals surface area (Å²) in [6, 6.07) is 25.2. The summed E-state index contributed by atoms with van der Waals surface area (Å²) in [5, 5.41) is 2.96. The molecule has 2 fully saturated rings. The summed E-state index contributed by atoms with van der Waals surface area (Å²) in [4.78, 5) is 31.8. The van der Waals surface area contributed by atoms with E-state index in [4.69, 9.17) is 15.2 Å². The fourth-order valence-electron chi connectivity index (χ4n) is 6.13. The van der Waals surface area contributed by atoms with Crippen molar-refractivity contribution in [3.05, 3.63) is 83.9 Å². The average molecular weight is 600 g/mol. The number of anilines is 2. The summed E-state index contributed by atoms with van der Waals surface area (Å²) in [6.07, 6.45) is 3.54. The fraction of sp³-hybridized carbons (Fsp3) is 0.429. The maximum absolute atomic E-state index is 13.3. The van der Waals surface area contributed by atoms with Crippen LogP contribution >= 0.6 is 0 Å². The van der Waals surface area contributed by atoms with Gasteiger partial charge in [0.05, 0.1) is 31.7 Å². The Morgan fingerprint density at radius 3 is 2.39 bits per heavy atom. The molecule has 3 amide bonds. The highest BCUT2D eigenvalue weighted by molar-refractivity contribution is 5.91. The van der Waals surface area contributed by atoms with Crippen molar-refractivity contribution in [2.75, 3.05) is 69.8 Å². The summed E-state index contributed by atoms with van der Waals surface area (Å²) < 4.78 is 10.4. The second-order valence-electron chi connectivity index (χ2n) is 11.6. The number of rotatable bonds is 10. The van der Waals surface area contributed by atoms with E-state index in [1.807, 2.05) is 28.0 Å². The van der Waals surface area contributed by atoms with Crippen LogP contribution in [0.2, 0.25) is 0 Å². The van der Waals surface area contributed by atoms with E-state index in [0.29, 0.717) is 51.9 Å². The zero-order chi connectivity index (χ0) is 30.7. The number of nitrogens with two attached hydrogens (primary N) is 1. The summed E-state index contributed by atoms with van der Waals surface area (Å²) in [7, 11) is 1.38. The SMILES string of the molecule is COC(=O)Nc1cc(-c2cccc(CN(CCCN)C(=O)N3CCOCC3)c2)ccc1N1CCC(Cc2ccccc2)CC1. The number of methoxy groups -OCH3 is 1. The van der Waals surface area contributed by atoms with Gasteiger partial charge in [-0.1, -0.05) is 54.6 Å². The molecule has 0 bridgehead atoms. The van der Waals surface area contributed by atoms with Crippen molar-refractivity contribution >= 4 is 23.5 Å². The number of hydrogen-bond acceptors (Lipinski definition) is 6. The zero-order valence-corrected chi connectivity index (χ0v) is 25.7. The number of urea groups is 1. The molecule has 234 valence electrons. The summed E-state index contributed by atoms with van der Waals surface area (Å²) in [5.41, 5.74) is 11.9. The molecule has 2 aliphatic rings. The standard InChI is InChI=1S/C35H45N5O4/c1-43-34(41)37-32-25-31(11-12-33(32)38-17-13-28(14-18-38)23-27-7-3-2-4-8-27)30-10-5-9-29(24-30)26-40(16-6-15-36)35(42)39-19-21-44-22-20-39/h2-5,7-12,24-25,28H,6,13-23,26,36H2,1H3,(H,37,41). The molecule has 3 N–H and O–H groups in total. The number of piperidine rings is 1. The normalized spacial score (nSPS) is 15.6. The van der Waals surface area contributed by atoms with E-state index in [9.17, 15) is 9.59 Å². The number of carbonyl (C=O) groups excluding carboxylic acids is 2. The van der Waals surface area contributed by atoms with Crippen LogP contribution in [-0.2, 0) is 22.4 Å². The molecule has 3 aromatic carbocycles. The lowest BCUT2D eigenvalue weighted by Gasteiger charge is -2.35. The predicted octanol–water partition coefficient (Wildman–Crippen LogP) is 5.59. The molecule has 0 aliphatic carbocycles. The van der Waals surface area contributed by atoms with Crippen LogP contribution in [0.5, 0.6) is 0 Å². The van der Waals surface area contributed by atoms with Crippen molar-refractivity contribution in [1.29, 1.82) is 0 Å². The third kappa shape index (κ3) is 8.30. The molecule has 0 radical (unpaired) electrons. The Morgan fingerprint density at radius 1 is 0.932 bits per heavy atom. The van der Waals surface area contributed by atoms with E-state index >= 15 is 0 Å². The van der Waals surface area contributed by atoms with E-state index in [0.717, 1.165) is 66.8 Å². The first-order valence-electron chi connectivity index (χ1n) is 15.7. The minimum absolute atomic E-state index is 0.0219. The molecule has 3 aromatic rings. The first-order valence-corrected chi connectivity index (χ1v) is 15.7. The number of ether oxygens (including phenoxy) is 2. The molecule has 0 aromatic heterocycles. The molecule has 0 unspecified atom stereocenters. The van der Waals surface area contributed by atoms with Gasteiger partial charge in [0.1, 0.15) is 0 Å². The van der Waals surface area contributed by atoms with Crippen molar-refractivity contribution in [3.63, 3.8) is 0 Å². The van der Waals surface area contributed by atoms with Crippen molar-refractivity contribution in [3.8, 4) is 11.1 Å². The van der Waals surface area contributed by atoms with Gasteiger partial charge in [-0.05, 0) is 78.6 Å². The van der Waals surface area contributed by atoms with Crippen LogP contribution < -0.4 is 16.0 Å². The highest BCUT2D eigenvalue weighted by Crippen LogP contribution is 2.35. The quantitative estimate of drug-likeness (QED) is 0.315. The Morgan fingerprint density at radius 2 is 1.66 bits per heavy atom. The van der Waals surface area contributed by atoms with Gasteiger partial charge in [0, 0.05) is 39.3 Å². The lowest BCUT2D eigenvalue weighted by molar-refractivity contribution is 0.0425. The van der Waals surface area contributed by atoms with Gasteiger partial charge < -0.3 is 29.9 Å². The van der Waals surface area contributed by atoms with E-state index in [1.54, 1.807) is 0 Å². The Labute approximate surface area is 260 Å². The van der Waals surface area contributed by atoms with Gasteiger partial charge in [-0.3, -0.25) is 5.32 Å². The van der Waals surface area contributed by atoms with Crippen LogP contribution in [0, 0.1) is 5.92 Å². The first-order chi connectivity index (χ1) is 21.5. The number of carbonyl (C=O) groups is 2. The van der Waals surface area contributed by atoms with Gasteiger partial charge >= 0.3 is 12.1 Å². The molecular weight excluding hydrogens is 554 g/mol. The smallest absolute Gasteiger partial charge is 0.411 e. The number of benzene rings is 3. The van der Waals surface area contributed by atoms with Crippen LogP contribution in [0.15, 0.2) is 72.8 Å². The van der Waals surface area contributed by atoms with Crippen LogP contribution in [0.4, 0.5) is 21.0 Å². The predicted molar refractivity (Wildman–Crippen MR) is 175 cm³/mol. The van der Waals surface area contributed by atoms with E-state index < -0.39 is 6.09 Å². The Hall–Kier alpha value is -4.08. The van der Waals surface area contributed by atoms with Crippen molar-refractivity contribution in [2.45, 2.75) is 32.2 Å². The highest BCUT2D eigenvalue weighted by Gasteiger charge is 2.24. The van der Waals surface area contributed by atoms with Crippen LogP contribution in [-0.4, -0.2) is 81.5 Å². The number of nitrogens with one attached hydrogen (secondary N) is 1. The van der Waals surface area contributed by atoms with E-state index in [2.05, 4.69) is 64.8 Å². The van der Waals surface area contributed by atoms with Gasteiger partial charge in [-0.15, -0.1) is 0 Å². The minimum atomic E-state index is -0.492. The lowest BCUT2D eigenvalue weighted by atomic mass is 9.90. The summed E-state index contributed by atoms with van der Waals surface area (Å²) in [5.74, 6) is 0.646. The van der Waals surface area contributed by atoms with E-state index in [-0.39, 0.29) is 6.03 Å². The number of morpholine rings is 1. The first kappa shape index (κ1) is 31.3. The third-order valence-corrected chi connectivity index (χ3v) is 8.56. The van der Waals surface area contributed by atoms with Crippen molar-refractivity contribution in [1.82, 2.24) is 9.80 Å². The molecule has 2 saturated heterocycles. The lowest BCUT2D eigenvalue weighted by Crippen LogP contribution is -2.48. The molecule has 9 nitrogen and oxygen atoms in total. The van der Waals surface area contributed by atoms with Gasteiger partial charge in [0.2, 0.25) is 0 Å². The van der Waals surface area contributed by atoms with Crippen molar-refractivity contribution in [2.24, 2.45) is 11.7 Å². The second kappa shape index (κ2) is 15.6. The van der Waals surface area contributed by atoms with Crippen LogP contribution in [0.25, 0.3) is 11.1 Å². The zero-order valence-electron chi connectivity index (χ0n) is 25.7. The Kier molecular flexibility index (Phi) is 11.1. The monoisotopic (exact) mass is 599 g/mol.